The molecule has 0 saturated carbocycles. The van der Waals surface area contributed by atoms with E-state index in [-0.39, 0.29) is 17.9 Å². The van der Waals surface area contributed by atoms with Crippen LogP contribution in [0.25, 0.3) is 6.08 Å². The second kappa shape index (κ2) is 8.15. The molecule has 0 aromatic heterocycles. The molecule has 28 heavy (non-hydrogen) atoms. The minimum atomic E-state index is -0.981. The molecule has 0 spiro atoms. The fraction of sp³-hybridized carbons (Fsp3) is 0.105. The summed E-state index contributed by atoms with van der Waals surface area (Å²) < 4.78 is 7.13. The highest BCUT2D eigenvalue weighted by Gasteiger charge is 2.30. The average molecular weight is 510 g/mol. The normalized spacial score (nSPS) is 15.1. The van der Waals surface area contributed by atoms with Gasteiger partial charge in [-0.3, -0.25) is 9.69 Å². The van der Waals surface area contributed by atoms with Gasteiger partial charge in [0.2, 0.25) is 0 Å². The molecule has 3 rings (SSSR count). The Kier molecular flexibility index (Phi) is 5.85. The van der Waals surface area contributed by atoms with Crippen LogP contribution in [-0.2, 0) is 11.4 Å². The van der Waals surface area contributed by atoms with Crippen LogP contribution >= 0.6 is 31.9 Å². The molecule has 1 fully saturated rings. The van der Waals surface area contributed by atoms with Crippen LogP contribution in [0.1, 0.15) is 21.5 Å². The number of likely N-dealkylation sites (N-methyl/N-ethyl adjacent to an activating group) is 1. The third-order valence-corrected chi connectivity index (χ3v) is 5.18. The van der Waals surface area contributed by atoms with Crippen molar-refractivity contribution in [2.24, 2.45) is 0 Å². The van der Waals surface area contributed by atoms with Gasteiger partial charge >= 0.3 is 12.0 Å². The highest BCUT2D eigenvalue weighted by atomic mass is 79.9. The predicted molar refractivity (Wildman–Crippen MR) is 109 cm³/mol. The smallest absolute Gasteiger partial charge is 0.335 e. The number of hydrogen-bond donors (Lipinski definition) is 2. The van der Waals surface area contributed by atoms with Crippen molar-refractivity contribution >= 4 is 55.8 Å². The molecule has 2 aromatic carbocycles. The van der Waals surface area contributed by atoms with Crippen molar-refractivity contribution in [2.75, 3.05) is 7.05 Å². The lowest BCUT2D eigenvalue weighted by Gasteiger charge is -2.12. The molecule has 0 bridgehead atoms. The maximum absolute atomic E-state index is 12.0. The van der Waals surface area contributed by atoms with E-state index in [1.807, 2.05) is 0 Å². The number of ether oxygens (including phenoxy) is 1. The van der Waals surface area contributed by atoms with Crippen LogP contribution in [0, 0.1) is 0 Å². The lowest BCUT2D eigenvalue weighted by Crippen LogP contribution is -2.25. The second-order valence-electron chi connectivity index (χ2n) is 5.96. The molecule has 7 nitrogen and oxygen atoms in total. The van der Waals surface area contributed by atoms with E-state index in [0.29, 0.717) is 20.3 Å². The number of hydrogen-bond acceptors (Lipinski definition) is 4. The Morgan fingerprint density at radius 2 is 1.79 bits per heavy atom. The van der Waals surface area contributed by atoms with Gasteiger partial charge in [-0.05, 0) is 73.3 Å². The number of imide groups is 1. The number of amides is 3. The van der Waals surface area contributed by atoms with Gasteiger partial charge in [-0.2, -0.15) is 0 Å². The topological polar surface area (TPSA) is 95.9 Å². The lowest BCUT2D eigenvalue weighted by atomic mass is 10.1. The number of carboxylic acid groups (broad SMARTS) is 1. The number of halogens is 2. The molecule has 2 N–H and O–H groups in total. The van der Waals surface area contributed by atoms with Crippen LogP contribution in [-0.4, -0.2) is 35.0 Å². The van der Waals surface area contributed by atoms with E-state index < -0.39 is 17.9 Å². The Morgan fingerprint density at radius 3 is 2.29 bits per heavy atom. The standard InChI is InChI=1S/C19H14Br2N2O5/c1-23-17(24)15(22-19(23)27)8-11-6-13(20)16(14(21)7-11)28-9-10-2-4-12(5-3-10)18(25)26/h2-8H,9H2,1H3,(H,22,27)(H,25,26)/b15-8+. The van der Waals surface area contributed by atoms with E-state index in [4.69, 9.17) is 9.84 Å². The van der Waals surface area contributed by atoms with Gasteiger partial charge in [-0.1, -0.05) is 12.1 Å². The summed E-state index contributed by atoms with van der Waals surface area (Å²) in [6.45, 7) is 0.247. The van der Waals surface area contributed by atoms with Crippen molar-refractivity contribution in [3.8, 4) is 5.75 Å². The molecule has 9 heteroatoms. The Hall–Kier alpha value is -2.65. The second-order valence-corrected chi connectivity index (χ2v) is 7.67. The van der Waals surface area contributed by atoms with E-state index in [1.165, 1.54) is 19.2 Å². The highest BCUT2D eigenvalue weighted by molar-refractivity contribution is 9.11. The summed E-state index contributed by atoms with van der Waals surface area (Å²) in [5.41, 5.74) is 1.91. The number of nitrogens with zero attached hydrogens (tertiary/aromatic N) is 1. The quantitative estimate of drug-likeness (QED) is 0.469. The number of aromatic carboxylic acids is 1. The van der Waals surface area contributed by atoms with Crippen molar-refractivity contribution in [3.63, 3.8) is 0 Å². The first-order valence-electron chi connectivity index (χ1n) is 8.01. The fourth-order valence-corrected chi connectivity index (χ4v) is 3.94. The zero-order chi connectivity index (χ0) is 20.4. The Morgan fingerprint density at radius 1 is 1.18 bits per heavy atom. The first-order valence-corrected chi connectivity index (χ1v) is 9.59. The van der Waals surface area contributed by atoms with E-state index in [1.54, 1.807) is 30.3 Å². The molecule has 0 atom stereocenters. The van der Waals surface area contributed by atoms with Crippen LogP contribution in [0.15, 0.2) is 51.0 Å². The van der Waals surface area contributed by atoms with E-state index in [0.717, 1.165) is 10.5 Å². The molecule has 144 valence electrons. The molecular weight excluding hydrogens is 496 g/mol. The van der Waals surface area contributed by atoms with Crippen LogP contribution < -0.4 is 10.1 Å². The van der Waals surface area contributed by atoms with Crippen LogP contribution in [0.2, 0.25) is 0 Å². The first kappa shape index (κ1) is 20.1. The molecule has 1 saturated heterocycles. The summed E-state index contributed by atoms with van der Waals surface area (Å²) in [7, 11) is 1.41. The van der Waals surface area contributed by atoms with Crippen LogP contribution in [0.4, 0.5) is 4.79 Å². The summed E-state index contributed by atoms with van der Waals surface area (Å²) in [4.78, 5) is 35.4. The fourth-order valence-electron chi connectivity index (χ4n) is 2.49. The van der Waals surface area contributed by atoms with Gasteiger partial charge in [-0.25, -0.2) is 9.59 Å². The Labute approximate surface area is 177 Å². The number of carbonyl (C=O) groups excluding carboxylic acids is 2. The van der Waals surface area contributed by atoms with E-state index in [9.17, 15) is 14.4 Å². The minimum Gasteiger partial charge on any atom is -0.487 e. The van der Waals surface area contributed by atoms with Gasteiger partial charge in [0.05, 0.1) is 14.5 Å². The maximum Gasteiger partial charge on any atom is 0.335 e. The number of benzene rings is 2. The summed E-state index contributed by atoms with van der Waals surface area (Å²) in [6.07, 6.45) is 1.58. The number of nitrogens with one attached hydrogen (secondary N) is 1. The molecule has 0 radical (unpaired) electrons. The van der Waals surface area contributed by atoms with Gasteiger partial charge in [0.25, 0.3) is 5.91 Å². The van der Waals surface area contributed by atoms with Crippen molar-refractivity contribution < 1.29 is 24.2 Å². The van der Waals surface area contributed by atoms with E-state index in [2.05, 4.69) is 37.2 Å². The molecule has 1 aliphatic heterocycles. The molecular formula is C19H14Br2N2O5. The third kappa shape index (κ3) is 4.26. The molecule has 2 aromatic rings. The Balaban J connectivity index is 1.76. The predicted octanol–water partition coefficient (Wildman–Crippen LogP) is 4.01. The van der Waals surface area contributed by atoms with Gasteiger partial charge in [0, 0.05) is 7.05 Å². The first-order chi connectivity index (χ1) is 13.3. The summed E-state index contributed by atoms with van der Waals surface area (Å²) in [5, 5.41) is 11.4. The zero-order valence-electron chi connectivity index (χ0n) is 14.5. The highest BCUT2D eigenvalue weighted by Crippen LogP contribution is 2.36. The van der Waals surface area contributed by atoms with Crippen LogP contribution in [0.3, 0.4) is 0 Å². The van der Waals surface area contributed by atoms with Crippen molar-refractivity contribution in [3.05, 3.63) is 67.7 Å². The van der Waals surface area contributed by atoms with Gasteiger partial charge in [0.15, 0.2) is 0 Å². The third-order valence-electron chi connectivity index (χ3n) is 4.00. The molecule has 3 amide bonds. The zero-order valence-corrected chi connectivity index (χ0v) is 17.7. The molecule has 0 aliphatic carbocycles. The van der Waals surface area contributed by atoms with Gasteiger partial charge < -0.3 is 15.2 Å². The molecule has 1 heterocycles. The minimum absolute atomic E-state index is 0.193. The van der Waals surface area contributed by atoms with Gasteiger partial charge in [0.1, 0.15) is 18.1 Å². The van der Waals surface area contributed by atoms with Crippen molar-refractivity contribution in [2.45, 2.75) is 6.61 Å². The number of urea groups is 1. The summed E-state index contributed by atoms with van der Waals surface area (Å²) in [6, 6.07) is 9.47. The maximum atomic E-state index is 12.0. The average Bonchev–Trinajstić information content (AvgIpc) is 2.88. The van der Waals surface area contributed by atoms with Gasteiger partial charge in [-0.15, -0.1) is 0 Å². The van der Waals surface area contributed by atoms with E-state index >= 15 is 0 Å². The summed E-state index contributed by atoms with van der Waals surface area (Å²) in [5.74, 6) is -0.823. The lowest BCUT2D eigenvalue weighted by molar-refractivity contribution is -0.121. The SMILES string of the molecule is CN1C(=O)N/C(=C/c2cc(Br)c(OCc3ccc(C(=O)O)cc3)c(Br)c2)C1=O. The monoisotopic (exact) mass is 508 g/mol. The number of rotatable bonds is 5. The largest absolute Gasteiger partial charge is 0.487 e. The number of carbonyl (C=O) groups is 3. The summed E-state index contributed by atoms with van der Waals surface area (Å²) >= 11 is 6.89. The Bertz CT molecular complexity index is 979. The molecule has 0 unspecified atom stereocenters. The number of carboxylic acids is 1. The van der Waals surface area contributed by atoms with Crippen molar-refractivity contribution in [1.82, 2.24) is 10.2 Å². The van der Waals surface area contributed by atoms with Crippen molar-refractivity contribution in [1.29, 1.82) is 0 Å². The van der Waals surface area contributed by atoms with Crippen LogP contribution in [0.5, 0.6) is 5.75 Å². The molecule has 1 aliphatic rings.